The van der Waals surface area contributed by atoms with Crippen LogP contribution < -0.4 is 5.73 Å². The summed E-state index contributed by atoms with van der Waals surface area (Å²) < 4.78 is 2.15. The van der Waals surface area contributed by atoms with E-state index in [1.807, 2.05) is 30.5 Å². The molecule has 3 N–H and O–H groups in total. The van der Waals surface area contributed by atoms with Gasteiger partial charge in [-0.1, -0.05) is 18.2 Å². The van der Waals surface area contributed by atoms with Gasteiger partial charge in [0.25, 0.3) is 0 Å². The minimum absolute atomic E-state index is 0.338. The molecule has 1 atom stereocenters. The molecule has 0 amide bonds. The molecule has 4 heteroatoms. The first-order valence-electron chi connectivity index (χ1n) is 6.07. The third-order valence-electron chi connectivity index (χ3n) is 3.14. The third kappa shape index (κ3) is 2.24. The fourth-order valence-electron chi connectivity index (χ4n) is 2.19. The molecule has 0 bridgehead atoms. The van der Waals surface area contributed by atoms with Gasteiger partial charge in [-0.15, -0.1) is 0 Å². The van der Waals surface area contributed by atoms with Crippen LogP contribution in [0.1, 0.15) is 25.5 Å². The number of aromatic nitrogens is 1. The van der Waals surface area contributed by atoms with Crippen molar-refractivity contribution in [1.29, 1.82) is 0 Å². The number of benzene rings is 1. The first kappa shape index (κ1) is 12.6. The fraction of sp³-hybridized carbons (Fsp3) is 0.357. The smallest absolute Gasteiger partial charge is 0.320 e. The number of aliphatic carboxylic acids is 1. The number of fused-ring (bicyclic) bond motifs is 1. The predicted octanol–water partition coefficient (Wildman–Crippen LogP) is 2.18. The molecule has 2 aromatic rings. The second kappa shape index (κ2) is 4.82. The van der Waals surface area contributed by atoms with Crippen LogP contribution in [0.5, 0.6) is 0 Å². The van der Waals surface area contributed by atoms with Gasteiger partial charge in [-0.2, -0.15) is 0 Å². The number of nitrogens with zero attached hydrogens (tertiary/aromatic N) is 1. The highest BCUT2D eigenvalue weighted by atomic mass is 16.4. The summed E-state index contributed by atoms with van der Waals surface area (Å²) >= 11 is 0. The van der Waals surface area contributed by atoms with Crippen LogP contribution in [0, 0.1) is 0 Å². The lowest BCUT2D eigenvalue weighted by atomic mass is 10.1. The van der Waals surface area contributed by atoms with Gasteiger partial charge in [-0.05, 0) is 25.5 Å². The Labute approximate surface area is 106 Å². The summed E-state index contributed by atoms with van der Waals surface area (Å²) in [4.78, 5) is 10.8. The van der Waals surface area contributed by atoms with Crippen LogP contribution in [0.15, 0.2) is 30.5 Å². The molecular formula is C14H18N2O2. The van der Waals surface area contributed by atoms with E-state index in [1.54, 1.807) is 0 Å². The standard InChI is InChI=1S/C14H18N2O2/c1-9(2)16-8-10(7-12(15)14(17)18)11-5-3-4-6-13(11)16/h3-6,8-9,12H,7,15H2,1-2H3,(H,17,18). The number of rotatable bonds is 4. The van der Waals surface area contributed by atoms with Gasteiger partial charge in [0.2, 0.25) is 0 Å². The number of carbonyl (C=O) groups is 1. The zero-order chi connectivity index (χ0) is 13.3. The molecule has 1 unspecified atom stereocenters. The Balaban J connectivity index is 2.48. The van der Waals surface area contributed by atoms with Crippen molar-refractivity contribution in [3.8, 4) is 0 Å². The number of carboxylic acids is 1. The first-order chi connectivity index (χ1) is 8.50. The molecule has 0 saturated carbocycles. The lowest BCUT2D eigenvalue weighted by Gasteiger charge is -2.08. The summed E-state index contributed by atoms with van der Waals surface area (Å²) in [6.45, 7) is 4.21. The molecule has 1 aromatic heterocycles. The summed E-state index contributed by atoms with van der Waals surface area (Å²) in [5.41, 5.74) is 7.74. The lowest BCUT2D eigenvalue weighted by Crippen LogP contribution is -2.32. The molecule has 2 rings (SSSR count). The number of nitrogens with two attached hydrogens (primary N) is 1. The van der Waals surface area contributed by atoms with Crippen molar-refractivity contribution < 1.29 is 9.90 Å². The highest BCUT2D eigenvalue weighted by molar-refractivity contribution is 5.85. The Morgan fingerprint density at radius 1 is 1.39 bits per heavy atom. The molecule has 0 radical (unpaired) electrons. The summed E-state index contributed by atoms with van der Waals surface area (Å²) in [7, 11) is 0. The maximum absolute atomic E-state index is 10.8. The van der Waals surface area contributed by atoms with E-state index in [9.17, 15) is 4.79 Å². The van der Waals surface area contributed by atoms with Crippen molar-refractivity contribution in [1.82, 2.24) is 4.57 Å². The highest BCUT2D eigenvalue weighted by Gasteiger charge is 2.16. The van der Waals surface area contributed by atoms with Gasteiger partial charge in [0.15, 0.2) is 0 Å². The normalized spacial score (nSPS) is 13.1. The maximum Gasteiger partial charge on any atom is 0.320 e. The van der Waals surface area contributed by atoms with Crippen LogP contribution in [0.25, 0.3) is 10.9 Å². The van der Waals surface area contributed by atoms with Crippen molar-refractivity contribution in [2.75, 3.05) is 0 Å². The Morgan fingerprint density at radius 2 is 2.06 bits per heavy atom. The van der Waals surface area contributed by atoms with E-state index in [2.05, 4.69) is 18.4 Å². The van der Waals surface area contributed by atoms with E-state index in [-0.39, 0.29) is 0 Å². The molecular weight excluding hydrogens is 228 g/mol. The van der Waals surface area contributed by atoms with E-state index < -0.39 is 12.0 Å². The number of hydrogen-bond acceptors (Lipinski definition) is 2. The number of hydrogen-bond donors (Lipinski definition) is 2. The summed E-state index contributed by atoms with van der Waals surface area (Å²) in [6.07, 6.45) is 2.37. The Bertz CT molecular complexity index is 572. The van der Waals surface area contributed by atoms with E-state index >= 15 is 0 Å². The van der Waals surface area contributed by atoms with Gasteiger partial charge in [0.1, 0.15) is 6.04 Å². The van der Waals surface area contributed by atoms with Crippen molar-refractivity contribution in [3.63, 3.8) is 0 Å². The van der Waals surface area contributed by atoms with Crippen LogP contribution in [-0.4, -0.2) is 21.7 Å². The van der Waals surface area contributed by atoms with Crippen LogP contribution in [-0.2, 0) is 11.2 Å². The molecule has 0 aliphatic rings. The van der Waals surface area contributed by atoms with Crippen molar-refractivity contribution in [2.24, 2.45) is 5.73 Å². The Hall–Kier alpha value is -1.81. The number of para-hydroxylation sites is 1. The zero-order valence-electron chi connectivity index (χ0n) is 10.6. The molecule has 96 valence electrons. The van der Waals surface area contributed by atoms with Crippen LogP contribution in [0.3, 0.4) is 0 Å². The molecule has 0 aliphatic carbocycles. The molecule has 4 nitrogen and oxygen atoms in total. The molecule has 0 aliphatic heterocycles. The van der Waals surface area contributed by atoms with E-state index in [1.165, 1.54) is 0 Å². The van der Waals surface area contributed by atoms with Gasteiger partial charge in [0, 0.05) is 29.6 Å². The van der Waals surface area contributed by atoms with E-state index in [0.717, 1.165) is 16.5 Å². The average Bonchev–Trinajstić information content (AvgIpc) is 2.68. The fourth-order valence-corrected chi connectivity index (χ4v) is 2.19. The second-order valence-electron chi connectivity index (χ2n) is 4.82. The monoisotopic (exact) mass is 246 g/mol. The molecule has 1 heterocycles. The van der Waals surface area contributed by atoms with Gasteiger partial charge in [0.05, 0.1) is 0 Å². The largest absolute Gasteiger partial charge is 0.480 e. The van der Waals surface area contributed by atoms with Crippen LogP contribution in [0.2, 0.25) is 0 Å². The maximum atomic E-state index is 10.8. The average molecular weight is 246 g/mol. The Morgan fingerprint density at radius 3 is 2.67 bits per heavy atom. The van der Waals surface area contributed by atoms with E-state index in [4.69, 9.17) is 10.8 Å². The van der Waals surface area contributed by atoms with Gasteiger partial charge < -0.3 is 15.4 Å². The Kier molecular flexibility index (Phi) is 3.39. The SMILES string of the molecule is CC(C)n1cc(CC(N)C(=O)O)c2ccccc21. The van der Waals surface area contributed by atoms with E-state index in [0.29, 0.717) is 12.5 Å². The van der Waals surface area contributed by atoms with Crippen molar-refractivity contribution in [3.05, 3.63) is 36.0 Å². The van der Waals surface area contributed by atoms with Gasteiger partial charge >= 0.3 is 5.97 Å². The van der Waals surface area contributed by atoms with Crippen molar-refractivity contribution >= 4 is 16.9 Å². The van der Waals surface area contributed by atoms with Crippen molar-refractivity contribution in [2.45, 2.75) is 32.4 Å². The second-order valence-corrected chi connectivity index (χ2v) is 4.82. The molecule has 0 spiro atoms. The third-order valence-corrected chi connectivity index (χ3v) is 3.14. The topological polar surface area (TPSA) is 68.2 Å². The number of carboxylic acid groups (broad SMARTS) is 1. The van der Waals surface area contributed by atoms with Crippen LogP contribution in [0.4, 0.5) is 0 Å². The van der Waals surface area contributed by atoms with Gasteiger partial charge in [-0.25, -0.2) is 0 Å². The summed E-state index contributed by atoms with van der Waals surface area (Å²) in [6, 6.07) is 7.50. The highest BCUT2D eigenvalue weighted by Crippen LogP contribution is 2.25. The quantitative estimate of drug-likeness (QED) is 0.868. The molecule has 18 heavy (non-hydrogen) atoms. The lowest BCUT2D eigenvalue weighted by molar-refractivity contribution is -0.138. The van der Waals surface area contributed by atoms with Gasteiger partial charge in [-0.3, -0.25) is 4.79 Å². The summed E-state index contributed by atoms with van der Waals surface area (Å²) in [5.74, 6) is -0.962. The minimum Gasteiger partial charge on any atom is -0.480 e. The first-order valence-corrected chi connectivity index (χ1v) is 6.07. The predicted molar refractivity (Wildman–Crippen MR) is 71.6 cm³/mol. The molecule has 1 aromatic carbocycles. The molecule has 0 saturated heterocycles. The molecule has 0 fully saturated rings. The van der Waals surface area contributed by atoms with Crippen LogP contribution >= 0.6 is 0 Å². The zero-order valence-corrected chi connectivity index (χ0v) is 10.6. The minimum atomic E-state index is -0.962. The summed E-state index contributed by atoms with van der Waals surface area (Å²) in [5, 5.41) is 9.99.